The van der Waals surface area contributed by atoms with Crippen molar-refractivity contribution in [2.45, 2.75) is 32.1 Å². The normalized spacial score (nSPS) is 11.6. The van der Waals surface area contributed by atoms with Crippen molar-refractivity contribution in [3.05, 3.63) is 35.4 Å². The number of isocyanates is 1. The van der Waals surface area contributed by atoms with Crippen LogP contribution in [-0.4, -0.2) is 16.6 Å². The molecule has 0 aliphatic rings. The molecule has 0 saturated carbocycles. The van der Waals surface area contributed by atoms with E-state index in [1.54, 1.807) is 0 Å². The van der Waals surface area contributed by atoms with Gasteiger partial charge in [-0.25, -0.2) is 4.79 Å². The summed E-state index contributed by atoms with van der Waals surface area (Å²) in [5, 5.41) is -0.344. The minimum absolute atomic E-state index is 0.0289. The number of benzene rings is 1. The molecule has 1 aromatic carbocycles. The molecule has 1 aromatic rings. The molecule has 0 amide bonds. The van der Waals surface area contributed by atoms with Gasteiger partial charge in [-0.1, -0.05) is 36.0 Å². The molecule has 1 atom stereocenters. The lowest BCUT2D eigenvalue weighted by atomic mass is 10.0. The van der Waals surface area contributed by atoms with Crippen LogP contribution in [0.25, 0.3) is 0 Å². The second-order valence-corrected chi connectivity index (χ2v) is 5.10. The quantitative estimate of drug-likeness (QED) is 0.595. The van der Waals surface area contributed by atoms with Crippen LogP contribution in [0.3, 0.4) is 0 Å². The monoisotopic (exact) mass is 249 g/mol. The summed E-state index contributed by atoms with van der Waals surface area (Å²) in [6, 6.07) is 8.07. The Kier molecular flexibility index (Phi) is 5.67. The number of thioether (sulfide) groups is 1. The fraction of sp³-hybridized carbons (Fsp3) is 0.385. The third-order valence-corrected chi connectivity index (χ3v) is 3.37. The highest BCUT2D eigenvalue weighted by Gasteiger charge is 2.11. The Morgan fingerprint density at radius 3 is 2.76 bits per heavy atom. The highest BCUT2D eigenvalue weighted by atomic mass is 32.2. The van der Waals surface area contributed by atoms with Crippen molar-refractivity contribution >= 4 is 23.0 Å². The first-order valence-corrected chi connectivity index (χ1v) is 6.30. The second-order valence-electron chi connectivity index (χ2n) is 3.75. The van der Waals surface area contributed by atoms with E-state index >= 15 is 0 Å². The van der Waals surface area contributed by atoms with Gasteiger partial charge in [-0.05, 0) is 30.9 Å². The van der Waals surface area contributed by atoms with Crippen LogP contribution in [0, 0.1) is 6.92 Å². The summed E-state index contributed by atoms with van der Waals surface area (Å²) in [5.74, 6) is 0. The molecule has 0 saturated heterocycles. The molecule has 0 radical (unpaired) electrons. The largest absolute Gasteiger partial charge is 0.287 e. The van der Waals surface area contributed by atoms with E-state index in [1.807, 2.05) is 25.1 Å². The fourth-order valence-electron chi connectivity index (χ4n) is 1.57. The smallest absolute Gasteiger partial charge is 0.236 e. The van der Waals surface area contributed by atoms with Gasteiger partial charge in [0.25, 0.3) is 0 Å². The van der Waals surface area contributed by atoms with Crippen molar-refractivity contribution in [2.24, 2.45) is 4.99 Å². The maximum Gasteiger partial charge on any atom is 0.236 e. The van der Waals surface area contributed by atoms with Crippen LogP contribution in [0.4, 0.5) is 0 Å². The Labute approximate surface area is 105 Å². The molecular formula is C13H15NO2S. The molecule has 3 nitrogen and oxygen atoms in total. The van der Waals surface area contributed by atoms with Gasteiger partial charge in [0, 0.05) is 6.92 Å². The highest BCUT2D eigenvalue weighted by Crippen LogP contribution is 2.20. The highest BCUT2D eigenvalue weighted by molar-refractivity contribution is 8.14. The van der Waals surface area contributed by atoms with E-state index in [0.717, 1.165) is 18.2 Å². The predicted octanol–water partition coefficient (Wildman–Crippen LogP) is 2.87. The Hall–Kier alpha value is -1.38. The molecular weight excluding hydrogens is 234 g/mol. The van der Waals surface area contributed by atoms with Crippen LogP contribution in [0.15, 0.2) is 29.3 Å². The van der Waals surface area contributed by atoms with Crippen LogP contribution in [0.5, 0.6) is 0 Å². The van der Waals surface area contributed by atoms with Crippen LogP contribution in [0.1, 0.15) is 24.5 Å². The number of rotatable bonds is 5. The molecule has 1 rings (SSSR count). The predicted molar refractivity (Wildman–Crippen MR) is 69.7 cm³/mol. The van der Waals surface area contributed by atoms with Crippen LogP contribution in [-0.2, 0) is 16.0 Å². The standard InChI is InChI=1S/C13H15NO2S/c1-10-5-3-4-6-12(10)7-8-13(14-9-15)17-11(2)16/h3-6,13H,7-8H2,1-2H3. The van der Waals surface area contributed by atoms with Crippen molar-refractivity contribution in [1.29, 1.82) is 0 Å². The van der Waals surface area contributed by atoms with E-state index in [4.69, 9.17) is 0 Å². The van der Waals surface area contributed by atoms with Gasteiger partial charge >= 0.3 is 0 Å². The average molecular weight is 249 g/mol. The van der Waals surface area contributed by atoms with Crippen molar-refractivity contribution in [1.82, 2.24) is 0 Å². The summed E-state index contributed by atoms with van der Waals surface area (Å²) in [6.07, 6.45) is 3.01. The Balaban J connectivity index is 2.60. The molecule has 0 aliphatic heterocycles. The summed E-state index contributed by atoms with van der Waals surface area (Å²) in [6.45, 7) is 3.53. The zero-order valence-corrected chi connectivity index (χ0v) is 10.8. The van der Waals surface area contributed by atoms with E-state index in [9.17, 15) is 9.59 Å². The molecule has 1 unspecified atom stereocenters. The van der Waals surface area contributed by atoms with Gasteiger partial charge < -0.3 is 0 Å². The molecule has 0 fully saturated rings. The van der Waals surface area contributed by atoms with Crippen molar-refractivity contribution in [3.8, 4) is 0 Å². The Bertz CT molecular complexity index is 439. The van der Waals surface area contributed by atoms with Gasteiger partial charge in [0.05, 0.1) is 0 Å². The van der Waals surface area contributed by atoms with Crippen molar-refractivity contribution in [3.63, 3.8) is 0 Å². The number of carbonyl (C=O) groups is 1. The zero-order valence-electron chi connectivity index (χ0n) is 9.97. The Morgan fingerprint density at radius 1 is 1.47 bits per heavy atom. The lowest BCUT2D eigenvalue weighted by Gasteiger charge is -2.09. The second kappa shape index (κ2) is 7.05. The third kappa shape index (κ3) is 4.98. The number of carbonyl (C=O) groups excluding carboxylic acids is 2. The maximum absolute atomic E-state index is 11.0. The number of hydrogen-bond acceptors (Lipinski definition) is 4. The summed E-state index contributed by atoms with van der Waals surface area (Å²) >= 11 is 1.08. The van der Waals surface area contributed by atoms with Gasteiger partial charge in [-0.2, -0.15) is 4.99 Å². The topological polar surface area (TPSA) is 46.5 Å². The fourth-order valence-corrected chi connectivity index (χ4v) is 2.28. The molecule has 0 spiro atoms. The number of aliphatic imine (C=N–C) groups is 1. The van der Waals surface area contributed by atoms with E-state index in [1.165, 1.54) is 24.1 Å². The van der Waals surface area contributed by atoms with Crippen LogP contribution >= 0.6 is 11.8 Å². The first-order chi connectivity index (χ1) is 8.13. The molecule has 17 heavy (non-hydrogen) atoms. The lowest BCUT2D eigenvalue weighted by Crippen LogP contribution is -2.04. The van der Waals surface area contributed by atoms with Crippen molar-refractivity contribution in [2.75, 3.05) is 0 Å². The molecule has 4 heteroatoms. The summed E-state index contributed by atoms with van der Waals surface area (Å²) < 4.78 is 0. The molecule has 90 valence electrons. The van der Waals surface area contributed by atoms with E-state index in [0.29, 0.717) is 6.42 Å². The summed E-state index contributed by atoms with van der Waals surface area (Å²) in [7, 11) is 0. The van der Waals surface area contributed by atoms with E-state index in [-0.39, 0.29) is 10.5 Å². The van der Waals surface area contributed by atoms with Crippen molar-refractivity contribution < 1.29 is 9.59 Å². The SMILES string of the molecule is CC(=O)SC(CCc1ccccc1C)N=C=O. The Morgan fingerprint density at radius 2 is 2.18 bits per heavy atom. The molecule has 0 aromatic heterocycles. The molecule has 0 heterocycles. The molecule has 0 bridgehead atoms. The van der Waals surface area contributed by atoms with Gasteiger partial charge in [0.15, 0.2) is 5.12 Å². The first-order valence-electron chi connectivity index (χ1n) is 5.42. The van der Waals surface area contributed by atoms with Crippen LogP contribution in [0.2, 0.25) is 0 Å². The van der Waals surface area contributed by atoms with Gasteiger partial charge in [-0.15, -0.1) is 0 Å². The third-order valence-electron chi connectivity index (χ3n) is 2.42. The maximum atomic E-state index is 11.0. The molecule has 0 aliphatic carbocycles. The van der Waals surface area contributed by atoms with Gasteiger partial charge in [-0.3, -0.25) is 4.79 Å². The number of aryl methyl sites for hydroxylation is 2. The minimum atomic E-state index is -0.315. The summed E-state index contributed by atoms with van der Waals surface area (Å²) in [5.41, 5.74) is 2.44. The minimum Gasteiger partial charge on any atom is -0.287 e. The van der Waals surface area contributed by atoms with Gasteiger partial charge in [0.1, 0.15) is 5.37 Å². The zero-order chi connectivity index (χ0) is 12.7. The number of nitrogens with zero attached hydrogens (tertiary/aromatic N) is 1. The van der Waals surface area contributed by atoms with E-state index < -0.39 is 0 Å². The van der Waals surface area contributed by atoms with E-state index in [2.05, 4.69) is 11.1 Å². The van der Waals surface area contributed by atoms with Gasteiger partial charge in [0.2, 0.25) is 6.08 Å². The molecule has 0 N–H and O–H groups in total. The number of hydrogen-bond donors (Lipinski definition) is 0. The van der Waals surface area contributed by atoms with Crippen LogP contribution < -0.4 is 0 Å². The average Bonchev–Trinajstić information content (AvgIpc) is 2.27. The first kappa shape index (κ1) is 13.7. The lowest BCUT2D eigenvalue weighted by molar-refractivity contribution is -0.109. The summed E-state index contributed by atoms with van der Waals surface area (Å²) in [4.78, 5) is 24.9.